The summed E-state index contributed by atoms with van der Waals surface area (Å²) in [6.07, 6.45) is -5.74. The van der Waals surface area contributed by atoms with Crippen LogP contribution in [0.2, 0.25) is 5.02 Å². The normalized spacial score (nSPS) is 12.2. The maximum atomic E-state index is 13.2. The van der Waals surface area contributed by atoms with Gasteiger partial charge in [0.25, 0.3) is 5.91 Å². The average Bonchev–Trinajstić information content (AvgIpc) is 3.13. The zero-order valence-electron chi connectivity index (χ0n) is 15.5. The van der Waals surface area contributed by atoms with Gasteiger partial charge in [-0.2, -0.15) is 22.0 Å². The number of aromatic nitrogens is 3. The van der Waals surface area contributed by atoms with Gasteiger partial charge in [-0.1, -0.05) is 41.9 Å². The molecule has 1 amide bonds. The molecular weight excluding hydrogens is 447 g/mol. The SMILES string of the molecule is NC(=O)c1nc(-c2ccccc2)n(-c2ccc(Cl)cc2COCC(F)(F)C(F)(F)F)n1. The van der Waals surface area contributed by atoms with Crippen LogP contribution in [0.15, 0.2) is 48.5 Å². The molecule has 1 aromatic heterocycles. The minimum Gasteiger partial charge on any atom is -0.370 e. The lowest BCUT2D eigenvalue weighted by Gasteiger charge is -2.20. The van der Waals surface area contributed by atoms with Crippen molar-refractivity contribution in [3.63, 3.8) is 0 Å². The number of rotatable bonds is 7. The van der Waals surface area contributed by atoms with Crippen LogP contribution in [0.25, 0.3) is 17.1 Å². The summed E-state index contributed by atoms with van der Waals surface area (Å²) in [5, 5.41) is 4.23. The highest BCUT2D eigenvalue weighted by atomic mass is 35.5. The standard InChI is InChI=1S/C19H14ClF5N4O2/c20-13-6-7-14(12(8-13)9-31-10-18(21,22)19(23,24)25)29-17(11-4-2-1-3-5-11)27-16(28-29)15(26)30/h1-8H,9-10H2,(H2,26,30). The maximum absolute atomic E-state index is 13.2. The van der Waals surface area contributed by atoms with E-state index in [1.54, 1.807) is 30.3 Å². The Morgan fingerprint density at radius 2 is 1.77 bits per heavy atom. The van der Waals surface area contributed by atoms with Crippen LogP contribution in [0.3, 0.4) is 0 Å². The summed E-state index contributed by atoms with van der Waals surface area (Å²) >= 11 is 5.96. The summed E-state index contributed by atoms with van der Waals surface area (Å²) in [5.41, 5.74) is 6.17. The Labute approximate surface area is 177 Å². The summed E-state index contributed by atoms with van der Waals surface area (Å²) in [7, 11) is 0. The number of carbonyl (C=O) groups is 1. The van der Waals surface area contributed by atoms with E-state index in [2.05, 4.69) is 14.8 Å². The van der Waals surface area contributed by atoms with Crippen LogP contribution in [0, 0.1) is 0 Å². The number of primary amides is 1. The molecule has 0 unspecified atom stereocenters. The first-order chi connectivity index (χ1) is 14.5. The summed E-state index contributed by atoms with van der Waals surface area (Å²) < 4.78 is 69.3. The number of nitrogens with two attached hydrogens (primary N) is 1. The molecule has 1 heterocycles. The first-order valence-corrected chi connectivity index (χ1v) is 9.01. The smallest absolute Gasteiger partial charge is 0.370 e. The van der Waals surface area contributed by atoms with Crippen molar-refractivity contribution in [1.82, 2.24) is 14.8 Å². The van der Waals surface area contributed by atoms with E-state index in [4.69, 9.17) is 17.3 Å². The summed E-state index contributed by atoms with van der Waals surface area (Å²) in [6, 6.07) is 12.7. The van der Waals surface area contributed by atoms with Crippen molar-refractivity contribution < 1.29 is 31.5 Å². The van der Waals surface area contributed by atoms with Crippen LogP contribution < -0.4 is 5.73 Å². The number of hydrogen-bond acceptors (Lipinski definition) is 4. The predicted octanol–water partition coefficient (Wildman–Crippen LogP) is 4.40. The fourth-order valence-corrected chi connectivity index (χ4v) is 2.80. The monoisotopic (exact) mass is 460 g/mol. The van der Waals surface area contributed by atoms with Gasteiger partial charge in [0.15, 0.2) is 5.82 Å². The van der Waals surface area contributed by atoms with E-state index < -0.39 is 31.2 Å². The summed E-state index contributed by atoms with van der Waals surface area (Å²) in [6.45, 7) is -2.51. The van der Waals surface area contributed by atoms with Crippen LogP contribution in [0.1, 0.15) is 16.2 Å². The molecule has 12 heteroatoms. The molecule has 0 atom stereocenters. The third kappa shape index (κ3) is 5.00. The number of ether oxygens (including phenoxy) is 1. The highest BCUT2D eigenvalue weighted by Crippen LogP contribution is 2.36. The Morgan fingerprint density at radius 1 is 1.10 bits per heavy atom. The summed E-state index contributed by atoms with van der Waals surface area (Å²) in [5.74, 6) is -6.05. The van der Waals surface area contributed by atoms with E-state index >= 15 is 0 Å². The van der Waals surface area contributed by atoms with Crippen LogP contribution in [0.4, 0.5) is 22.0 Å². The number of amides is 1. The second kappa shape index (κ2) is 8.60. The fraction of sp³-hybridized carbons (Fsp3) is 0.211. The van der Waals surface area contributed by atoms with Crippen molar-refractivity contribution in [3.8, 4) is 17.1 Å². The molecule has 0 aliphatic carbocycles. The van der Waals surface area contributed by atoms with Gasteiger partial charge in [-0.15, -0.1) is 5.10 Å². The zero-order chi connectivity index (χ0) is 22.8. The van der Waals surface area contributed by atoms with Gasteiger partial charge in [-0.25, -0.2) is 9.67 Å². The molecule has 3 aromatic rings. The molecule has 6 nitrogen and oxygen atoms in total. The number of alkyl halides is 5. The van der Waals surface area contributed by atoms with E-state index in [9.17, 15) is 26.7 Å². The van der Waals surface area contributed by atoms with E-state index in [1.807, 2.05) is 0 Å². The van der Waals surface area contributed by atoms with Crippen molar-refractivity contribution >= 4 is 17.5 Å². The van der Waals surface area contributed by atoms with Crippen LogP contribution in [-0.2, 0) is 11.3 Å². The number of hydrogen-bond donors (Lipinski definition) is 1. The first-order valence-electron chi connectivity index (χ1n) is 8.63. The molecular formula is C19H14ClF5N4O2. The molecule has 0 radical (unpaired) electrons. The molecule has 31 heavy (non-hydrogen) atoms. The molecule has 0 aliphatic heterocycles. The molecule has 0 saturated carbocycles. The van der Waals surface area contributed by atoms with Gasteiger partial charge in [-0.3, -0.25) is 4.79 Å². The molecule has 0 bridgehead atoms. The Kier molecular flexibility index (Phi) is 6.27. The quantitative estimate of drug-likeness (QED) is 0.530. The predicted molar refractivity (Wildman–Crippen MR) is 101 cm³/mol. The second-order valence-electron chi connectivity index (χ2n) is 6.37. The number of nitrogens with zero attached hydrogens (tertiary/aromatic N) is 3. The molecule has 3 rings (SSSR count). The van der Waals surface area contributed by atoms with E-state index in [-0.39, 0.29) is 27.9 Å². The Hall–Kier alpha value is -3.05. The number of carbonyl (C=O) groups excluding carboxylic acids is 1. The molecule has 2 aromatic carbocycles. The van der Waals surface area contributed by atoms with Crippen molar-refractivity contribution in [2.24, 2.45) is 5.73 Å². The van der Waals surface area contributed by atoms with Gasteiger partial charge in [0.05, 0.1) is 12.3 Å². The highest BCUT2D eigenvalue weighted by Gasteiger charge is 2.57. The van der Waals surface area contributed by atoms with Crippen molar-refractivity contribution in [3.05, 3.63) is 64.9 Å². The summed E-state index contributed by atoms with van der Waals surface area (Å²) in [4.78, 5) is 15.7. The van der Waals surface area contributed by atoms with Crippen molar-refractivity contribution in [1.29, 1.82) is 0 Å². The molecule has 2 N–H and O–H groups in total. The molecule has 0 spiro atoms. The van der Waals surface area contributed by atoms with Gasteiger partial charge >= 0.3 is 12.1 Å². The molecule has 0 saturated heterocycles. The van der Waals surface area contributed by atoms with Gasteiger partial charge in [0.1, 0.15) is 6.61 Å². The Bertz CT molecular complexity index is 1090. The van der Waals surface area contributed by atoms with Crippen LogP contribution in [-0.4, -0.2) is 39.4 Å². The topological polar surface area (TPSA) is 83.0 Å². The lowest BCUT2D eigenvalue weighted by Crippen LogP contribution is -2.40. The minimum atomic E-state index is -5.74. The van der Waals surface area contributed by atoms with Crippen molar-refractivity contribution in [2.45, 2.75) is 18.7 Å². The van der Waals surface area contributed by atoms with Crippen molar-refractivity contribution in [2.75, 3.05) is 6.61 Å². The molecule has 164 valence electrons. The molecule has 0 aliphatic rings. The Balaban J connectivity index is 2.00. The van der Waals surface area contributed by atoms with E-state index in [0.717, 1.165) is 0 Å². The lowest BCUT2D eigenvalue weighted by molar-refractivity contribution is -0.297. The second-order valence-corrected chi connectivity index (χ2v) is 6.81. The number of benzene rings is 2. The molecule has 0 fully saturated rings. The van der Waals surface area contributed by atoms with Crippen LogP contribution >= 0.6 is 11.6 Å². The minimum absolute atomic E-state index is 0.142. The van der Waals surface area contributed by atoms with E-state index in [1.165, 1.54) is 22.9 Å². The average molecular weight is 461 g/mol. The third-order valence-electron chi connectivity index (χ3n) is 4.08. The third-order valence-corrected chi connectivity index (χ3v) is 4.32. The van der Waals surface area contributed by atoms with Gasteiger partial charge in [0.2, 0.25) is 5.82 Å². The van der Waals surface area contributed by atoms with Crippen LogP contribution in [0.5, 0.6) is 0 Å². The first kappa shape index (κ1) is 22.6. The fourth-order valence-electron chi connectivity index (χ4n) is 2.61. The zero-order valence-corrected chi connectivity index (χ0v) is 16.3. The van der Waals surface area contributed by atoms with Gasteiger partial charge in [0, 0.05) is 16.1 Å². The van der Waals surface area contributed by atoms with Gasteiger partial charge in [-0.05, 0) is 18.2 Å². The highest BCUT2D eigenvalue weighted by molar-refractivity contribution is 6.30. The largest absolute Gasteiger partial charge is 0.455 e. The Morgan fingerprint density at radius 3 is 2.39 bits per heavy atom. The lowest BCUT2D eigenvalue weighted by atomic mass is 10.1. The van der Waals surface area contributed by atoms with Gasteiger partial charge < -0.3 is 10.5 Å². The van der Waals surface area contributed by atoms with E-state index in [0.29, 0.717) is 5.56 Å². The number of halogens is 6. The maximum Gasteiger partial charge on any atom is 0.455 e.